The van der Waals surface area contributed by atoms with Gasteiger partial charge >= 0.3 is 0 Å². The highest BCUT2D eigenvalue weighted by Crippen LogP contribution is 2.40. The van der Waals surface area contributed by atoms with E-state index in [2.05, 4.69) is 31.9 Å². The monoisotopic (exact) mass is 438 g/mol. The Morgan fingerprint density at radius 1 is 1.24 bits per heavy atom. The van der Waals surface area contributed by atoms with Crippen molar-refractivity contribution >= 4 is 43.5 Å². The first-order chi connectivity index (χ1) is 9.92. The van der Waals surface area contributed by atoms with Crippen molar-refractivity contribution in [2.45, 2.75) is 11.2 Å². The minimum Gasteiger partial charge on any atom is -0.495 e. The molecule has 0 aliphatic rings. The first kappa shape index (κ1) is 16.7. The van der Waals surface area contributed by atoms with Gasteiger partial charge in [-0.1, -0.05) is 33.6 Å². The van der Waals surface area contributed by atoms with Gasteiger partial charge in [0.15, 0.2) is 0 Å². The van der Waals surface area contributed by atoms with Crippen LogP contribution in [0.1, 0.15) is 16.0 Å². The molecular formula is C15H11Br2ClF2O. The third-order valence-corrected chi connectivity index (χ3v) is 4.62. The van der Waals surface area contributed by atoms with Crippen LogP contribution < -0.4 is 4.74 Å². The maximum atomic E-state index is 13.7. The summed E-state index contributed by atoms with van der Waals surface area (Å²) < 4.78 is 32.7. The highest BCUT2D eigenvalue weighted by Gasteiger charge is 2.19. The fraction of sp³-hybridized carbons (Fsp3) is 0.200. The molecule has 0 fully saturated rings. The van der Waals surface area contributed by atoms with Gasteiger partial charge in [-0.15, -0.1) is 0 Å². The molecule has 1 unspecified atom stereocenters. The number of alkyl halides is 1. The van der Waals surface area contributed by atoms with Crippen LogP contribution in [0.25, 0.3) is 0 Å². The normalized spacial score (nSPS) is 12.3. The molecule has 0 amide bonds. The molecule has 1 nitrogen and oxygen atoms in total. The van der Waals surface area contributed by atoms with E-state index in [0.29, 0.717) is 22.8 Å². The molecule has 0 aromatic heterocycles. The van der Waals surface area contributed by atoms with Crippen molar-refractivity contribution < 1.29 is 13.5 Å². The number of ether oxygens (including phenoxy) is 1. The molecule has 1 atom stereocenters. The van der Waals surface area contributed by atoms with Crippen molar-refractivity contribution in [1.82, 2.24) is 0 Å². The van der Waals surface area contributed by atoms with Crippen LogP contribution in [-0.4, -0.2) is 7.11 Å². The molecule has 0 saturated carbocycles. The lowest BCUT2D eigenvalue weighted by Gasteiger charge is -2.16. The van der Waals surface area contributed by atoms with Crippen LogP contribution >= 0.6 is 43.5 Å². The van der Waals surface area contributed by atoms with E-state index < -0.39 is 11.6 Å². The van der Waals surface area contributed by atoms with Crippen molar-refractivity contribution in [2.75, 3.05) is 7.11 Å². The number of hydrogen-bond donors (Lipinski definition) is 0. The number of rotatable bonds is 4. The number of benzene rings is 2. The Kier molecular flexibility index (Phi) is 5.63. The summed E-state index contributed by atoms with van der Waals surface area (Å²) in [6, 6.07) is 7.03. The van der Waals surface area contributed by atoms with Gasteiger partial charge in [-0.3, -0.25) is 0 Å². The zero-order chi connectivity index (χ0) is 15.6. The second-order valence-electron chi connectivity index (χ2n) is 4.42. The average molecular weight is 441 g/mol. The highest BCUT2D eigenvalue weighted by molar-refractivity contribution is 9.10. The molecular weight excluding hydrogens is 429 g/mol. The van der Waals surface area contributed by atoms with Gasteiger partial charge in [-0.25, -0.2) is 8.78 Å². The molecule has 21 heavy (non-hydrogen) atoms. The second-order valence-corrected chi connectivity index (χ2v) is 6.81. The fourth-order valence-electron chi connectivity index (χ4n) is 2.02. The van der Waals surface area contributed by atoms with Crippen LogP contribution in [0.2, 0.25) is 5.02 Å². The fourth-order valence-corrected chi connectivity index (χ4v) is 3.70. The molecule has 112 valence electrons. The molecule has 2 aromatic rings. The minimum absolute atomic E-state index is 0.220. The Hall–Kier alpha value is -0.650. The molecule has 2 aromatic carbocycles. The Morgan fingerprint density at radius 2 is 1.95 bits per heavy atom. The maximum absolute atomic E-state index is 13.7. The van der Waals surface area contributed by atoms with Gasteiger partial charge in [-0.05, 0) is 46.1 Å². The van der Waals surface area contributed by atoms with Gasteiger partial charge in [0.1, 0.15) is 17.4 Å². The van der Waals surface area contributed by atoms with Crippen LogP contribution in [0, 0.1) is 11.6 Å². The van der Waals surface area contributed by atoms with E-state index in [4.69, 9.17) is 16.3 Å². The van der Waals surface area contributed by atoms with Gasteiger partial charge in [0, 0.05) is 21.5 Å². The van der Waals surface area contributed by atoms with E-state index in [9.17, 15) is 8.78 Å². The average Bonchev–Trinajstić information content (AvgIpc) is 2.41. The molecule has 0 aliphatic heterocycles. The summed E-state index contributed by atoms with van der Waals surface area (Å²) in [5, 5.41) is 0.543. The summed E-state index contributed by atoms with van der Waals surface area (Å²) >= 11 is 12.9. The van der Waals surface area contributed by atoms with Gasteiger partial charge in [-0.2, -0.15) is 0 Å². The lowest BCUT2D eigenvalue weighted by molar-refractivity contribution is 0.406. The first-order valence-electron chi connectivity index (χ1n) is 6.03. The maximum Gasteiger partial charge on any atom is 0.137 e. The van der Waals surface area contributed by atoms with Crippen LogP contribution in [0.15, 0.2) is 34.8 Å². The van der Waals surface area contributed by atoms with Gasteiger partial charge in [0.05, 0.1) is 11.6 Å². The van der Waals surface area contributed by atoms with E-state index >= 15 is 0 Å². The van der Waals surface area contributed by atoms with Gasteiger partial charge in [0.25, 0.3) is 0 Å². The van der Waals surface area contributed by atoms with Gasteiger partial charge in [0.2, 0.25) is 0 Å². The third kappa shape index (κ3) is 3.96. The third-order valence-electron chi connectivity index (χ3n) is 2.99. The van der Waals surface area contributed by atoms with Crippen LogP contribution in [0.5, 0.6) is 5.75 Å². The van der Waals surface area contributed by atoms with Gasteiger partial charge < -0.3 is 4.74 Å². The quantitative estimate of drug-likeness (QED) is 0.525. The predicted molar refractivity (Wildman–Crippen MR) is 87.4 cm³/mol. The molecule has 2 rings (SSSR count). The van der Waals surface area contributed by atoms with Crippen molar-refractivity contribution in [3.05, 3.63) is 62.6 Å². The predicted octanol–water partition coefficient (Wildman–Crippen LogP) is 6.07. The Morgan fingerprint density at radius 3 is 2.57 bits per heavy atom. The number of halogens is 5. The molecule has 0 aliphatic carbocycles. The summed E-state index contributed by atoms with van der Waals surface area (Å²) in [5.41, 5.74) is 1.21. The molecule has 0 bridgehead atoms. The summed E-state index contributed by atoms with van der Waals surface area (Å²) in [7, 11) is 1.55. The Labute approximate surface area is 143 Å². The molecule has 6 heteroatoms. The Balaban J connectivity index is 2.34. The summed E-state index contributed by atoms with van der Waals surface area (Å²) in [6.45, 7) is 0. The molecule has 0 heterocycles. The number of hydrogen-bond acceptors (Lipinski definition) is 1. The van der Waals surface area contributed by atoms with E-state index in [1.807, 2.05) is 0 Å². The van der Waals surface area contributed by atoms with Crippen LogP contribution in [0.4, 0.5) is 8.78 Å². The SMILES string of the molecule is COc1c(Br)cc(Cl)cc1C(Br)Cc1ccc(F)cc1F. The van der Waals surface area contributed by atoms with E-state index in [0.717, 1.165) is 16.1 Å². The smallest absolute Gasteiger partial charge is 0.137 e. The van der Waals surface area contributed by atoms with Crippen LogP contribution in [-0.2, 0) is 6.42 Å². The number of methoxy groups -OCH3 is 1. The second kappa shape index (κ2) is 7.07. The minimum atomic E-state index is -0.592. The van der Waals surface area contributed by atoms with Crippen LogP contribution in [0.3, 0.4) is 0 Å². The lowest BCUT2D eigenvalue weighted by Crippen LogP contribution is -2.02. The van der Waals surface area contributed by atoms with E-state index in [1.54, 1.807) is 19.2 Å². The zero-order valence-corrected chi connectivity index (χ0v) is 14.9. The van der Waals surface area contributed by atoms with E-state index in [1.165, 1.54) is 12.1 Å². The largest absolute Gasteiger partial charge is 0.495 e. The molecule has 0 N–H and O–H groups in total. The standard InChI is InChI=1S/C15H11Br2ClF2O/c1-21-15-11(5-9(18)6-13(15)17)12(16)4-8-2-3-10(19)7-14(8)20/h2-3,5-7,12H,4H2,1H3. The summed E-state index contributed by atoms with van der Waals surface area (Å²) in [6.07, 6.45) is 0.343. The topological polar surface area (TPSA) is 9.23 Å². The summed E-state index contributed by atoms with van der Waals surface area (Å²) in [5.74, 6) is -0.534. The van der Waals surface area contributed by atoms with Crippen molar-refractivity contribution in [3.63, 3.8) is 0 Å². The highest BCUT2D eigenvalue weighted by atomic mass is 79.9. The molecule has 0 saturated heterocycles. The molecule has 0 spiro atoms. The van der Waals surface area contributed by atoms with Crippen molar-refractivity contribution in [2.24, 2.45) is 0 Å². The zero-order valence-electron chi connectivity index (χ0n) is 11.0. The van der Waals surface area contributed by atoms with Crippen molar-refractivity contribution in [3.8, 4) is 5.75 Å². The van der Waals surface area contributed by atoms with E-state index in [-0.39, 0.29) is 4.83 Å². The lowest BCUT2D eigenvalue weighted by atomic mass is 10.0. The first-order valence-corrected chi connectivity index (χ1v) is 8.12. The summed E-state index contributed by atoms with van der Waals surface area (Å²) in [4.78, 5) is -0.220. The molecule has 0 radical (unpaired) electrons. The van der Waals surface area contributed by atoms with Crippen molar-refractivity contribution in [1.29, 1.82) is 0 Å². The Bertz CT molecular complexity index is 664.